The molecule has 1 aromatic heterocycles. The number of nitrogens with zero attached hydrogens (tertiary/aromatic N) is 3. The lowest BCUT2D eigenvalue weighted by Crippen LogP contribution is -2.51. The third-order valence-corrected chi connectivity index (χ3v) is 4.27. The van der Waals surface area contributed by atoms with E-state index in [0.717, 1.165) is 0 Å². The Balaban J connectivity index is 1.95. The predicted octanol–water partition coefficient (Wildman–Crippen LogP) is 0.406. The summed E-state index contributed by atoms with van der Waals surface area (Å²) in [6, 6.07) is 1.61. The second-order valence-electron chi connectivity index (χ2n) is 4.14. The summed E-state index contributed by atoms with van der Waals surface area (Å²) in [4.78, 5) is 7.54. The van der Waals surface area contributed by atoms with Gasteiger partial charge in [0.05, 0.1) is 6.61 Å². The molecule has 11 heteroatoms. The number of halogens is 3. The van der Waals surface area contributed by atoms with Crippen LogP contribution in [-0.2, 0) is 14.8 Å². The molecule has 1 aromatic rings. The Kier molecular flexibility index (Phi) is 4.64. The fraction of sp³-hybridized carbons (Fsp3) is 0.600. The Hall–Kier alpha value is -1.46. The number of aromatic nitrogens is 2. The zero-order valence-corrected chi connectivity index (χ0v) is 11.5. The zero-order valence-electron chi connectivity index (χ0n) is 10.7. The standard InChI is InChI=1S/C10H12F3N3O4S/c11-10(12,13)21(17,18)16-4-5-19-8(6-16)7-20-9-14-2-1-3-15-9/h1-3,8H,4-7H2. The lowest BCUT2D eigenvalue weighted by atomic mass is 10.3. The van der Waals surface area contributed by atoms with Crippen molar-refractivity contribution in [3.8, 4) is 6.01 Å². The molecule has 1 atom stereocenters. The lowest BCUT2D eigenvalue weighted by Gasteiger charge is -2.32. The maximum absolute atomic E-state index is 12.5. The normalized spacial score (nSPS) is 21.2. The Morgan fingerprint density at radius 2 is 2.05 bits per heavy atom. The molecule has 1 aliphatic heterocycles. The molecule has 118 valence electrons. The molecule has 7 nitrogen and oxygen atoms in total. The van der Waals surface area contributed by atoms with E-state index in [1.807, 2.05) is 0 Å². The Morgan fingerprint density at radius 3 is 2.67 bits per heavy atom. The van der Waals surface area contributed by atoms with Gasteiger partial charge in [0.1, 0.15) is 12.7 Å². The highest BCUT2D eigenvalue weighted by Gasteiger charge is 2.51. The van der Waals surface area contributed by atoms with Crippen molar-refractivity contribution in [1.29, 1.82) is 0 Å². The van der Waals surface area contributed by atoms with E-state index in [1.165, 1.54) is 12.4 Å². The Labute approximate surface area is 118 Å². The third kappa shape index (κ3) is 3.80. The zero-order chi connectivity index (χ0) is 15.5. The van der Waals surface area contributed by atoms with Gasteiger partial charge in [-0.05, 0) is 6.07 Å². The molecule has 1 unspecified atom stereocenters. The summed E-state index contributed by atoms with van der Waals surface area (Å²) in [6.07, 6.45) is 2.05. The third-order valence-electron chi connectivity index (χ3n) is 2.67. The number of morpholine rings is 1. The minimum Gasteiger partial charge on any atom is -0.461 e. The maximum atomic E-state index is 12.5. The van der Waals surface area contributed by atoms with E-state index in [2.05, 4.69) is 9.97 Å². The van der Waals surface area contributed by atoms with Gasteiger partial charge in [-0.1, -0.05) is 0 Å². The van der Waals surface area contributed by atoms with E-state index < -0.39 is 28.2 Å². The van der Waals surface area contributed by atoms with Crippen molar-refractivity contribution in [3.05, 3.63) is 18.5 Å². The van der Waals surface area contributed by atoms with Gasteiger partial charge >= 0.3 is 21.5 Å². The first-order chi connectivity index (χ1) is 9.80. The molecular formula is C10H12F3N3O4S. The second kappa shape index (κ2) is 6.12. The van der Waals surface area contributed by atoms with Gasteiger partial charge in [0.25, 0.3) is 0 Å². The van der Waals surface area contributed by atoms with E-state index in [0.29, 0.717) is 4.31 Å². The highest BCUT2D eigenvalue weighted by Crippen LogP contribution is 2.28. The number of hydrogen-bond acceptors (Lipinski definition) is 6. The largest absolute Gasteiger partial charge is 0.511 e. The summed E-state index contributed by atoms with van der Waals surface area (Å²) in [6.45, 7) is -1.07. The molecule has 0 N–H and O–H groups in total. The van der Waals surface area contributed by atoms with Gasteiger partial charge in [0.15, 0.2) is 0 Å². The van der Waals surface area contributed by atoms with Crippen molar-refractivity contribution in [2.24, 2.45) is 0 Å². The summed E-state index contributed by atoms with van der Waals surface area (Å²) < 4.78 is 70.7. The molecule has 0 spiro atoms. The van der Waals surface area contributed by atoms with Crippen LogP contribution in [0.4, 0.5) is 13.2 Å². The number of ether oxygens (including phenoxy) is 2. The van der Waals surface area contributed by atoms with Crippen LogP contribution < -0.4 is 4.74 Å². The molecule has 21 heavy (non-hydrogen) atoms. The van der Waals surface area contributed by atoms with Crippen LogP contribution >= 0.6 is 0 Å². The fourth-order valence-corrected chi connectivity index (χ4v) is 2.66. The van der Waals surface area contributed by atoms with Crippen molar-refractivity contribution in [2.45, 2.75) is 11.6 Å². The molecule has 1 aliphatic rings. The lowest BCUT2D eigenvalue weighted by molar-refractivity contribution is -0.0612. The first kappa shape index (κ1) is 15.9. The van der Waals surface area contributed by atoms with Crippen LogP contribution in [0.2, 0.25) is 0 Å². The fourth-order valence-electron chi connectivity index (χ4n) is 1.69. The van der Waals surface area contributed by atoms with Gasteiger partial charge in [-0.3, -0.25) is 0 Å². The molecular weight excluding hydrogens is 315 g/mol. The first-order valence-corrected chi connectivity index (χ1v) is 7.32. The molecule has 0 radical (unpaired) electrons. The van der Waals surface area contributed by atoms with Crippen LogP contribution in [0, 0.1) is 0 Å². The van der Waals surface area contributed by atoms with Crippen LogP contribution in [0.1, 0.15) is 0 Å². The summed E-state index contributed by atoms with van der Waals surface area (Å²) in [5, 5.41) is 0. The highest BCUT2D eigenvalue weighted by molar-refractivity contribution is 7.90. The minimum atomic E-state index is -5.35. The topological polar surface area (TPSA) is 81.6 Å². The van der Waals surface area contributed by atoms with Gasteiger partial charge < -0.3 is 9.47 Å². The minimum absolute atomic E-state index is 0.0388. The summed E-state index contributed by atoms with van der Waals surface area (Å²) in [5.41, 5.74) is -5.32. The highest BCUT2D eigenvalue weighted by atomic mass is 32.2. The smallest absolute Gasteiger partial charge is 0.461 e. The molecule has 0 amide bonds. The molecule has 0 aliphatic carbocycles. The van der Waals surface area contributed by atoms with Crippen LogP contribution in [-0.4, -0.2) is 60.6 Å². The second-order valence-corrected chi connectivity index (χ2v) is 6.07. The van der Waals surface area contributed by atoms with Crippen molar-refractivity contribution >= 4 is 10.0 Å². The van der Waals surface area contributed by atoms with Crippen LogP contribution in [0.25, 0.3) is 0 Å². The predicted molar refractivity (Wildman–Crippen MR) is 63.8 cm³/mol. The molecule has 2 rings (SSSR count). The van der Waals surface area contributed by atoms with Crippen molar-refractivity contribution in [3.63, 3.8) is 0 Å². The summed E-state index contributed by atoms with van der Waals surface area (Å²) in [7, 11) is -5.35. The molecule has 1 fully saturated rings. The number of rotatable bonds is 4. The first-order valence-electron chi connectivity index (χ1n) is 5.88. The van der Waals surface area contributed by atoms with Crippen LogP contribution in [0.15, 0.2) is 18.5 Å². The van der Waals surface area contributed by atoms with Crippen molar-refractivity contribution < 1.29 is 31.1 Å². The van der Waals surface area contributed by atoms with Gasteiger partial charge in [-0.2, -0.15) is 17.5 Å². The average molecular weight is 327 g/mol. The molecule has 0 aromatic carbocycles. The van der Waals surface area contributed by atoms with Crippen molar-refractivity contribution in [1.82, 2.24) is 14.3 Å². The quantitative estimate of drug-likeness (QED) is 0.796. The van der Waals surface area contributed by atoms with Crippen molar-refractivity contribution in [2.75, 3.05) is 26.3 Å². The van der Waals surface area contributed by atoms with Gasteiger partial charge in [0, 0.05) is 25.5 Å². The van der Waals surface area contributed by atoms with Gasteiger partial charge in [-0.15, -0.1) is 0 Å². The van der Waals surface area contributed by atoms with Gasteiger partial charge in [-0.25, -0.2) is 18.4 Å². The van der Waals surface area contributed by atoms with E-state index in [1.54, 1.807) is 6.07 Å². The van der Waals surface area contributed by atoms with Gasteiger partial charge in [0.2, 0.25) is 0 Å². The Bertz CT molecular complexity index is 567. The van der Waals surface area contributed by atoms with E-state index in [4.69, 9.17) is 9.47 Å². The average Bonchev–Trinajstić information content (AvgIpc) is 2.45. The van der Waals surface area contributed by atoms with Crippen LogP contribution in [0.5, 0.6) is 6.01 Å². The summed E-state index contributed by atoms with van der Waals surface area (Å²) >= 11 is 0. The van der Waals surface area contributed by atoms with E-state index >= 15 is 0 Å². The monoisotopic (exact) mass is 327 g/mol. The number of alkyl halides is 3. The molecule has 1 saturated heterocycles. The Morgan fingerprint density at radius 1 is 1.38 bits per heavy atom. The van der Waals surface area contributed by atoms with E-state index in [9.17, 15) is 21.6 Å². The maximum Gasteiger partial charge on any atom is 0.511 e. The van der Waals surface area contributed by atoms with E-state index in [-0.39, 0.29) is 25.8 Å². The molecule has 0 saturated carbocycles. The number of hydrogen-bond donors (Lipinski definition) is 0. The molecule has 2 heterocycles. The SMILES string of the molecule is O=S(=O)(N1CCOC(COc2ncccn2)C1)C(F)(F)F. The number of sulfonamides is 1. The van der Waals surface area contributed by atoms with Crippen LogP contribution in [0.3, 0.4) is 0 Å². The summed E-state index contributed by atoms with van der Waals surface area (Å²) in [5.74, 6) is 0. The molecule has 0 bridgehead atoms.